The Bertz CT molecular complexity index is 762. The molecule has 0 aromatic carbocycles. The second-order valence-corrected chi connectivity index (χ2v) is 6.95. The molecule has 0 radical (unpaired) electrons. The summed E-state index contributed by atoms with van der Waals surface area (Å²) >= 11 is 0. The lowest BCUT2D eigenvalue weighted by Crippen LogP contribution is -2.25. The first-order valence-electron chi connectivity index (χ1n) is 9.10. The Labute approximate surface area is 142 Å². The smallest absolute Gasteiger partial charge is 0.220 e. The van der Waals surface area contributed by atoms with Crippen molar-refractivity contribution in [1.82, 2.24) is 14.9 Å². The molecule has 2 aliphatic rings. The monoisotopic (exact) mass is 327 g/mol. The summed E-state index contributed by atoms with van der Waals surface area (Å²) in [5.41, 5.74) is 5.01. The maximum Gasteiger partial charge on any atom is 0.220 e. The highest BCUT2D eigenvalue weighted by molar-refractivity contribution is 5.82. The van der Waals surface area contributed by atoms with Crippen LogP contribution >= 0.6 is 0 Å². The fourth-order valence-electron chi connectivity index (χ4n) is 3.75. The molecule has 0 saturated heterocycles. The Kier molecular flexibility index (Phi) is 4.17. The molecule has 5 nitrogen and oxygen atoms in total. The number of rotatable bonds is 6. The van der Waals surface area contributed by atoms with Crippen LogP contribution in [-0.2, 0) is 24.2 Å². The molecule has 4 rings (SSSR count). The van der Waals surface area contributed by atoms with Crippen LogP contribution in [0.5, 0.6) is 5.88 Å². The van der Waals surface area contributed by atoms with Gasteiger partial charge in [0.2, 0.25) is 11.8 Å². The highest BCUT2D eigenvalue weighted by atomic mass is 16.5. The van der Waals surface area contributed by atoms with Crippen LogP contribution in [0.2, 0.25) is 0 Å². The SMILES string of the molecule is COc1ccc2c(n1)c(CCCC(=O)NC1CC1)c1n2CCCC1. The summed E-state index contributed by atoms with van der Waals surface area (Å²) in [6.45, 7) is 1.07. The number of fused-ring (bicyclic) bond motifs is 3. The highest BCUT2D eigenvalue weighted by Crippen LogP contribution is 2.32. The number of hydrogen-bond donors (Lipinski definition) is 1. The number of aromatic nitrogens is 2. The molecule has 128 valence electrons. The van der Waals surface area contributed by atoms with E-state index in [0.29, 0.717) is 18.3 Å². The molecule has 5 heteroatoms. The number of carbonyl (C=O) groups is 1. The van der Waals surface area contributed by atoms with Gasteiger partial charge in [0.05, 0.1) is 18.1 Å². The zero-order valence-electron chi connectivity index (χ0n) is 14.3. The summed E-state index contributed by atoms with van der Waals surface area (Å²) in [5.74, 6) is 0.860. The van der Waals surface area contributed by atoms with Crippen LogP contribution in [0.3, 0.4) is 0 Å². The summed E-state index contributed by atoms with van der Waals surface area (Å²) in [4.78, 5) is 16.6. The topological polar surface area (TPSA) is 56.1 Å². The highest BCUT2D eigenvalue weighted by Gasteiger charge is 2.24. The summed E-state index contributed by atoms with van der Waals surface area (Å²) in [6.07, 6.45) is 8.27. The van der Waals surface area contributed by atoms with Gasteiger partial charge < -0.3 is 14.6 Å². The van der Waals surface area contributed by atoms with Crippen LogP contribution in [0.15, 0.2) is 12.1 Å². The fourth-order valence-corrected chi connectivity index (χ4v) is 3.75. The van der Waals surface area contributed by atoms with E-state index in [4.69, 9.17) is 9.72 Å². The number of amides is 1. The van der Waals surface area contributed by atoms with Gasteiger partial charge in [0, 0.05) is 30.8 Å². The molecular weight excluding hydrogens is 302 g/mol. The van der Waals surface area contributed by atoms with Crippen molar-refractivity contribution in [3.63, 3.8) is 0 Å². The van der Waals surface area contributed by atoms with E-state index in [0.717, 1.165) is 44.2 Å². The Morgan fingerprint density at radius 2 is 2.25 bits per heavy atom. The maximum absolute atomic E-state index is 11.9. The van der Waals surface area contributed by atoms with Crippen LogP contribution in [0.1, 0.15) is 49.8 Å². The van der Waals surface area contributed by atoms with Crippen LogP contribution in [0, 0.1) is 0 Å². The molecule has 0 unspecified atom stereocenters. The summed E-state index contributed by atoms with van der Waals surface area (Å²) in [5, 5.41) is 3.07. The summed E-state index contributed by atoms with van der Waals surface area (Å²) in [6, 6.07) is 4.52. The molecule has 2 aromatic heterocycles. The lowest BCUT2D eigenvalue weighted by atomic mass is 10.0. The van der Waals surface area contributed by atoms with Crippen molar-refractivity contribution < 1.29 is 9.53 Å². The number of methoxy groups -OCH3 is 1. The molecule has 0 atom stereocenters. The summed E-state index contributed by atoms with van der Waals surface area (Å²) < 4.78 is 7.74. The first-order valence-corrected chi connectivity index (χ1v) is 9.10. The number of pyridine rings is 1. The molecule has 24 heavy (non-hydrogen) atoms. The number of aryl methyl sites for hydroxylation is 2. The number of hydrogen-bond acceptors (Lipinski definition) is 3. The van der Waals surface area contributed by atoms with Gasteiger partial charge in [-0.2, -0.15) is 0 Å². The molecular formula is C19H25N3O2. The number of carbonyl (C=O) groups excluding carboxylic acids is 1. The minimum Gasteiger partial charge on any atom is -0.481 e. The predicted molar refractivity (Wildman–Crippen MR) is 93.3 cm³/mol. The van der Waals surface area contributed by atoms with Crippen molar-refractivity contribution in [2.45, 2.75) is 64.0 Å². The minimum atomic E-state index is 0.195. The molecule has 1 fully saturated rings. The normalized spacial score (nSPS) is 16.9. The van der Waals surface area contributed by atoms with Gasteiger partial charge in [-0.1, -0.05) is 0 Å². The number of nitrogens with zero attached hydrogens (tertiary/aromatic N) is 2. The van der Waals surface area contributed by atoms with Crippen LogP contribution in [-0.4, -0.2) is 28.6 Å². The van der Waals surface area contributed by atoms with E-state index in [1.54, 1.807) is 7.11 Å². The fraction of sp³-hybridized carbons (Fsp3) is 0.579. The van der Waals surface area contributed by atoms with Gasteiger partial charge in [0.15, 0.2) is 0 Å². The lowest BCUT2D eigenvalue weighted by Gasteiger charge is -2.17. The van der Waals surface area contributed by atoms with Gasteiger partial charge >= 0.3 is 0 Å². The molecule has 1 amide bonds. The predicted octanol–water partition coefficient (Wildman–Crippen LogP) is 2.98. The van der Waals surface area contributed by atoms with Gasteiger partial charge in [-0.15, -0.1) is 0 Å². The van der Waals surface area contributed by atoms with E-state index < -0.39 is 0 Å². The molecule has 0 spiro atoms. The van der Waals surface area contributed by atoms with Crippen molar-refractivity contribution in [2.75, 3.05) is 7.11 Å². The van der Waals surface area contributed by atoms with Crippen molar-refractivity contribution in [3.8, 4) is 5.88 Å². The lowest BCUT2D eigenvalue weighted by molar-refractivity contribution is -0.121. The largest absolute Gasteiger partial charge is 0.481 e. The van der Waals surface area contributed by atoms with Crippen molar-refractivity contribution >= 4 is 16.9 Å². The van der Waals surface area contributed by atoms with Gasteiger partial charge in [0.1, 0.15) is 0 Å². The second kappa shape index (κ2) is 6.46. The summed E-state index contributed by atoms with van der Waals surface area (Å²) in [7, 11) is 1.66. The molecule has 1 aliphatic carbocycles. The van der Waals surface area contributed by atoms with Crippen LogP contribution in [0.25, 0.3) is 11.0 Å². The Morgan fingerprint density at radius 1 is 1.38 bits per heavy atom. The molecule has 3 heterocycles. The van der Waals surface area contributed by atoms with E-state index in [-0.39, 0.29) is 5.91 Å². The zero-order valence-corrected chi connectivity index (χ0v) is 14.3. The van der Waals surface area contributed by atoms with E-state index in [1.807, 2.05) is 6.07 Å². The maximum atomic E-state index is 11.9. The molecule has 1 N–H and O–H groups in total. The number of nitrogens with one attached hydrogen (secondary N) is 1. The second-order valence-electron chi connectivity index (χ2n) is 6.95. The van der Waals surface area contributed by atoms with Crippen molar-refractivity contribution in [3.05, 3.63) is 23.4 Å². The first kappa shape index (κ1) is 15.5. The molecule has 2 aromatic rings. The van der Waals surface area contributed by atoms with Crippen molar-refractivity contribution in [1.29, 1.82) is 0 Å². The van der Waals surface area contributed by atoms with Crippen molar-refractivity contribution in [2.24, 2.45) is 0 Å². The quantitative estimate of drug-likeness (QED) is 0.887. The third-order valence-corrected chi connectivity index (χ3v) is 5.13. The third-order valence-electron chi connectivity index (χ3n) is 5.13. The van der Waals surface area contributed by atoms with Crippen LogP contribution in [0.4, 0.5) is 0 Å². The Morgan fingerprint density at radius 3 is 3.04 bits per heavy atom. The van der Waals surface area contributed by atoms with E-state index >= 15 is 0 Å². The molecule has 1 aliphatic heterocycles. The van der Waals surface area contributed by atoms with Gasteiger partial charge in [-0.3, -0.25) is 4.79 Å². The Balaban J connectivity index is 1.56. The van der Waals surface area contributed by atoms with Gasteiger partial charge in [-0.05, 0) is 56.6 Å². The molecule has 1 saturated carbocycles. The van der Waals surface area contributed by atoms with Gasteiger partial charge in [0.25, 0.3) is 0 Å². The van der Waals surface area contributed by atoms with E-state index in [1.165, 1.54) is 29.6 Å². The van der Waals surface area contributed by atoms with E-state index in [2.05, 4.69) is 16.0 Å². The average molecular weight is 327 g/mol. The molecule has 0 bridgehead atoms. The minimum absolute atomic E-state index is 0.195. The first-order chi connectivity index (χ1) is 11.8. The van der Waals surface area contributed by atoms with Crippen LogP contribution < -0.4 is 10.1 Å². The average Bonchev–Trinajstić information content (AvgIpc) is 3.37. The number of ether oxygens (including phenoxy) is 1. The van der Waals surface area contributed by atoms with Gasteiger partial charge in [-0.25, -0.2) is 4.98 Å². The third kappa shape index (κ3) is 2.99. The Hall–Kier alpha value is -2.04. The zero-order chi connectivity index (χ0) is 16.5. The van der Waals surface area contributed by atoms with E-state index in [9.17, 15) is 4.79 Å². The standard InChI is InChI=1S/C19H25N3O2/c1-24-18-11-10-16-19(21-18)14(15-6-2-3-12-22(15)16)5-4-7-17(23)20-13-8-9-13/h10-11,13H,2-9,12H2,1H3,(H,20,23).